The second-order valence-electron chi connectivity index (χ2n) is 4.60. The normalized spacial score (nSPS) is 21.8. The zero-order chi connectivity index (χ0) is 11.1. The minimum atomic E-state index is 0.357. The summed E-state index contributed by atoms with van der Waals surface area (Å²) in [4.78, 5) is 2.57. The molecule has 1 aliphatic heterocycles. The van der Waals surface area contributed by atoms with Gasteiger partial charge in [-0.05, 0) is 39.8 Å². The van der Waals surface area contributed by atoms with E-state index in [1.807, 2.05) is 0 Å². The number of ether oxygens (including phenoxy) is 1. The molecule has 1 unspecified atom stereocenters. The van der Waals surface area contributed by atoms with Crippen LogP contribution in [0.4, 0.5) is 0 Å². The van der Waals surface area contributed by atoms with Gasteiger partial charge in [0.1, 0.15) is 0 Å². The van der Waals surface area contributed by atoms with E-state index < -0.39 is 0 Å². The molecule has 1 heterocycles. The van der Waals surface area contributed by atoms with Gasteiger partial charge in [0.2, 0.25) is 0 Å². The monoisotopic (exact) mass is 214 g/mol. The molecule has 1 rings (SSSR count). The molecule has 1 N–H and O–H groups in total. The lowest BCUT2D eigenvalue weighted by Crippen LogP contribution is -2.39. The van der Waals surface area contributed by atoms with Crippen molar-refractivity contribution in [2.75, 3.05) is 32.8 Å². The molecule has 90 valence electrons. The Morgan fingerprint density at radius 3 is 2.73 bits per heavy atom. The van der Waals surface area contributed by atoms with Crippen LogP contribution in [0.5, 0.6) is 0 Å². The highest BCUT2D eigenvalue weighted by atomic mass is 16.5. The highest BCUT2D eigenvalue weighted by Gasteiger charge is 2.21. The minimum absolute atomic E-state index is 0.357. The molecule has 1 atom stereocenters. The number of rotatable bonds is 7. The van der Waals surface area contributed by atoms with E-state index in [4.69, 9.17) is 4.74 Å². The molecule has 0 radical (unpaired) electrons. The lowest BCUT2D eigenvalue weighted by molar-refractivity contribution is 0.0506. The summed E-state index contributed by atoms with van der Waals surface area (Å²) in [7, 11) is 0. The maximum absolute atomic E-state index is 5.62. The Labute approximate surface area is 94.2 Å². The fourth-order valence-corrected chi connectivity index (χ4v) is 2.12. The summed E-state index contributed by atoms with van der Waals surface area (Å²) in [6.07, 6.45) is 2.88. The first kappa shape index (κ1) is 12.9. The summed E-state index contributed by atoms with van der Waals surface area (Å²) in [5, 5.41) is 3.43. The lowest BCUT2D eigenvalue weighted by atomic mass is 10.2. The molecule has 0 aliphatic carbocycles. The fraction of sp³-hybridized carbons (Fsp3) is 1.00. The molecule has 0 amide bonds. The largest absolute Gasteiger partial charge is 0.377 e. The van der Waals surface area contributed by atoms with Crippen LogP contribution in [0.3, 0.4) is 0 Å². The first-order valence-corrected chi connectivity index (χ1v) is 6.30. The van der Waals surface area contributed by atoms with Crippen molar-refractivity contribution in [2.45, 2.75) is 45.8 Å². The Morgan fingerprint density at radius 1 is 1.40 bits per heavy atom. The van der Waals surface area contributed by atoms with Crippen LogP contribution in [0, 0.1) is 0 Å². The predicted octanol–water partition coefficient (Wildman–Crippen LogP) is 1.49. The molecule has 0 aromatic heterocycles. The standard InChI is InChI=1S/C12H26N2O/c1-4-7-14(8-9-15-11(2)3)12-5-6-13-10-12/h11-13H,4-10H2,1-3H3. The summed E-state index contributed by atoms with van der Waals surface area (Å²) < 4.78 is 5.62. The van der Waals surface area contributed by atoms with E-state index in [9.17, 15) is 0 Å². The SMILES string of the molecule is CCCN(CCOC(C)C)C1CCNC1. The van der Waals surface area contributed by atoms with Crippen molar-refractivity contribution >= 4 is 0 Å². The van der Waals surface area contributed by atoms with E-state index in [-0.39, 0.29) is 0 Å². The summed E-state index contributed by atoms with van der Waals surface area (Å²) in [5.41, 5.74) is 0. The van der Waals surface area contributed by atoms with E-state index in [1.54, 1.807) is 0 Å². The van der Waals surface area contributed by atoms with Gasteiger partial charge in [0.05, 0.1) is 12.7 Å². The second-order valence-corrected chi connectivity index (χ2v) is 4.60. The first-order chi connectivity index (χ1) is 7.24. The van der Waals surface area contributed by atoms with Crippen molar-refractivity contribution in [3.63, 3.8) is 0 Å². The fourth-order valence-electron chi connectivity index (χ4n) is 2.12. The van der Waals surface area contributed by atoms with Gasteiger partial charge in [-0.25, -0.2) is 0 Å². The van der Waals surface area contributed by atoms with Crippen LogP contribution in [0.25, 0.3) is 0 Å². The van der Waals surface area contributed by atoms with Gasteiger partial charge in [-0.2, -0.15) is 0 Å². The third kappa shape index (κ3) is 4.96. The first-order valence-electron chi connectivity index (χ1n) is 6.30. The van der Waals surface area contributed by atoms with Crippen molar-refractivity contribution in [1.29, 1.82) is 0 Å². The third-order valence-electron chi connectivity index (χ3n) is 2.89. The Bertz CT molecular complexity index is 156. The van der Waals surface area contributed by atoms with E-state index in [0.29, 0.717) is 6.10 Å². The number of nitrogens with zero attached hydrogens (tertiary/aromatic N) is 1. The van der Waals surface area contributed by atoms with Gasteiger partial charge >= 0.3 is 0 Å². The highest BCUT2D eigenvalue weighted by molar-refractivity contribution is 4.80. The molecule has 15 heavy (non-hydrogen) atoms. The van der Waals surface area contributed by atoms with E-state index in [0.717, 1.165) is 25.7 Å². The van der Waals surface area contributed by atoms with Crippen LogP contribution < -0.4 is 5.32 Å². The van der Waals surface area contributed by atoms with Crippen LogP contribution in [0.2, 0.25) is 0 Å². The molecular formula is C12H26N2O. The van der Waals surface area contributed by atoms with E-state index >= 15 is 0 Å². The van der Waals surface area contributed by atoms with Gasteiger partial charge in [0.25, 0.3) is 0 Å². The second kappa shape index (κ2) is 7.20. The molecule has 3 nitrogen and oxygen atoms in total. The van der Waals surface area contributed by atoms with Crippen LogP contribution in [0.1, 0.15) is 33.6 Å². The van der Waals surface area contributed by atoms with Crippen LogP contribution in [-0.4, -0.2) is 49.8 Å². The molecule has 0 spiro atoms. The van der Waals surface area contributed by atoms with Crippen molar-refractivity contribution < 1.29 is 4.74 Å². The van der Waals surface area contributed by atoms with Crippen molar-refractivity contribution in [2.24, 2.45) is 0 Å². The van der Waals surface area contributed by atoms with Gasteiger partial charge in [-0.3, -0.25) is 4.90 Å². The number of nitrogens with one attached hydrogen (secondary N) is 1. The molecular weight excluding hydrogens is 188 g/mol. The molecule has 0 bridgehead atoms. The van der Waals surface area contributed by atoms with Gasteiger partial charge in [-0.15, -0.1) is 0 Å². The Morgan fingerprint density at radius 2 is 2.20 bits per heavy atom. The minimum Gasteiger partial charge on any atom is -0.377 e. The molecule has 0 aromatic carbocycles. The smallest absolute Gasteiger partial charge is 0.0597 e. The molecule has 1 aliphatic rings. The van der Waals surface area contributed by atoms with Crippen LogP contribution in [0.15, 0.2) is 0 Å². The summed E-state index contributed by atoms with van der Waals surface area (Å²) in [6.45, 7) is 11.9. The summed E-state index contributed by atoms with van der Waals surface area (Å²) in [6, 6.07) is 0.737. The topological polar surface area (TPSA) is 24.5 Å². The van der Waals surface area contributed by atoms with Gasteiger partial charge in [0.15, 0.2) is 0 Å². The van der Waals surface area contributed by atoms with Gasteiger partial charge in [0, 0.05) is 19.1 Å². The van der Waals surface area contributed by atoms with Gasteiger partial charge in [-0.1, -0.05) is 6.92 Å². The highest BCUT2D eigenvalue weighted by Crippen LogP contribution is 2.08. The summed E-state index contributed by atoms with van der Waals surface area (Å²) >= 11 is 0. The average molecular weight is 214 g/mol. The average Bonchev–Trinajstić information content (AvgIpc) is 2.68. The quantitative estimate of drug-likeness (QED) is 0.695. The molecule has 0 aromatic rings. The predicted molar refractivity (Wildman–Crippen MR) is 64.2 cm³/mol. The van der Waals surface area contributed by atoms with Crippen molar-refractivity contribution in [3.8, 4) is 0 Å². The van der Waals surface area contributed by atoms with Gasteiger partial charge < -0.3 is 10.1 Å². The molecule has 1 fully saturated rings. The zero-order valence-corrected chi connectivity index (χ0v) is 10.5. The van der Waals surface area contributed by atoms with Crippen molar-refractivity contribution in [1.82, 2.24) is 10.2 Å². The Hall–Kier alpha value is -0.120. The molecule has 1 saturated heterocycles. The Kier molecular flexibility index (Phi) is 6.22. The number of hydrogen-bond donors (Lipinski definition) is 1. The van der Waals surface area contributed by atoms with Crippen LogP contribution >= 0.6 is 0 Å². The van der Waals surface area contributed by atoms with E-state index in [2.05, 4.69) is 31.0 Å². The molecule has 3 heteroatoms. The van der Waals surface area contributed by atoms with E-state index in [1.165, 1.54) is 25.9 Å². The number of hydrogen-bond acceptors (Lipinski definition) is 3. The molecule has 0 saturated carbocycles. The van der Waals surface area contributed by atoms with Crippen molar-refractivity contribution in [3.05, 3.63) is 0 Å². The third-order valence-corrected chi connectivity index (χ3v) is 2.89. The summed E-state index contributed by atoms with van der Waals surface area (Å²) in [5.74, 6) is 0. The maximum Gasteiger partial charge on any atom is 0.0597 e. The maximum atomic E-state index is 5.62. The lowest BCUT2D eigenvalue weighted by Gasteiger charge is -2.28. The van der Waals surface area contributed by atoms with Crippen LogP contribution in [-0.2, 0) is 4.74 Å². The Balaban J connectivity index is 2.23. The zero-order valence-electron chi connectivity index (χ0n) is 10.5.